The summed E-state index contributed by atoms with van der Waals surface area (Å²) in [4.78, 5) is 18.3. The van der Waals surface area contributed by atoms with Crippen LogP contribution in [0, 0.1) is 19.3 Å². The summed E-state index contributed by atoms with van der Waals surface area (Å²) in [6.45, 7) is 7.37. The van der Waals surface area contributed by atoms with Crippen LogP contribution in [0.4, 0.5) is 5.69 Å². The van der Waals surface area contributed by atoms with Gasteiger partial charge < -0.3 is 14.2 Å². The molecule has 0 atom stereocenters. The molecule has 3 aromatic rings. The quantitative estimate of drug-likeness (QED) is 0.268. The Bertz CT molecular complexity index is 1390. The van der Waals surface area contributed by atoms with Crippen molar-refractivity contribution in [2.75, 3.05) is 31.1 Å². The van der Waals surface area contributed by atoms with Crippen LogP contribution in [0.25, 0.3) is 0 Å². The summed E-state index contributed by atoms with van der Waals surface area (Å²) < 4.78 is 34.1. The molecule has 8 heteroatoms. The van der Waals surface area contributed by atoms with Gasteiger partial charge in [0.1, 0.15) is 0 Å². The van der Waals surface area contributed by atoms with Crippen molar-refractivity contribution in [1.82, 2.24) is 9.62 Å². The van der Waals surface area contributed by atoms with Crippen LogP contribution < -0.4 is 9.62 Å². The molecule has 0 bridgehead atoms. The number of likely N-dealkylation sites (tertiary alicyclic amines) is 1. The molecule has 0 radical (unpaired) electrons. The molecule has 2 heterocycles. The molecule has 1 aliphatic heterocycles. The highest BCUT2D eigenvalue weighted by atomic mass is 32.2. The lowest BCUT2D eigenvalue weighted by atomic mass is 9.69. The molecule has 2 aliphatic rings. The average molecular weight is 592 g/mol. The van der Waals surface area contributed by atoms with E-state index in [1.807, 2.05) is 36.1 Å². The Hall–Kier alpha value is -2.94. The number of carbonyl (C=O) groups excluding carboxylic acids is 1. The molecule has 5 rings (SSSR count). The number of carbonyl (C=O) groups is 1. The lowest BCUT2D eigenvalue weighted by molar-refractivity contribution is 0.0919. The molecule has 1 amide bonds. The third-order valence-corrected chi connectivity index (χ3v) is 10.8. The Labute approximate surface area is 251 Å². The fourth-order valence-electron chi connectivity index (χ4n) is 6.69. The Balaban J connectivity index is 1.18. The summed E-state index contributed by atoms with van der Waals surface area (Å²) in [5.74, 6) is 0.284. The van der Waals surface area contributed by atoms with E-state index < -0.39 is 10.0 Å². The van der Waals surface area contributed by atoms with Gasteiger partial charge in [-0.25, -0.2) is 13.1 Å². The van der Waals surface area contributed by atoms with Gasteiger partial charge in [0.05, 0.1) is 11.2 Å². The first-order chi connectivity index (χ1) is 20.2. The van der Waals surface area contributed by atoms with Crippen LogP contribution >= 0.6 is 0 Å². The molecule has 1 aliphatic carbocycles. The van der Waals surface area contributed by atoms with E-state index >= 15 is 0 Å². The molecule has 42 heavy (non-hydrogen) atoms. The zero-order chi connectivity index (χ0) is 29.6. The Morgan fingerprint density at radius 1 is 0.929 bits per heavy atom. The average Bonchev–Trinajstić information content (AvgIpc) is 3.54. The van der Waals surface area contributed by atoms with Crippen molar-refractivity contribution in [2.24, 2.45) is 5.41 Å². The van der Waals surface area contributed by atoms with Crippen LogP contribution in [0.15, 0.2) is 76.2 Å². The largest absolute Gasteiger partial charge is 0.459 e. The van der Waals surface area contributed by atoms with Crippen LogP contribution in [0.1, 0.15) is 79.5 Å². The van der Waals surface area contributed by atoms with Crippen LogP contribution in [0.3, 0.4) is 0 Å². The molecule has 0 spiro atoms. The van der Waals surface area contributed by atoms with Crippen molar-refractivity contribution < 1.29 is 17.6 Å². The molecule has 1 aromatic heterocycles. The van der Waals surface area contributed by atoms with Crippen LogP contribution in [-0.4, -0.2) is 51.4 Å². The monoisotopic (exact) mass is 591 g/mol. The predicted molar refractivity (Wildman–Crippen MR) is 167 cm³/mol. The first kappa shape index (κ1) is 30.5. The highest BCUT2D eigenvalue weighted by Gasteiger charge is 2.35. The van der Waals surface area contributed by atoms with E-state index in [2.05, 4.69) is 28.7 Å². The van der Waals surface area contributed by atoms with Gasteiger partial charge >= 0.3 is 0 Å². The minimum Gasteiger partial charge on any atom is -0.459 e. The molecule has 2 aromatic carbocycles. The first-order valence-electron chi connectivity index (χ1n) is 15.5. The highest BCUT2D eigenvalue weighted by molar-refractivity contribution is 7.89. The van der Waals surface area contributed by atoms with E-state index in [9.17, 15) is 13.2 Å². The minimum atomic E-state index is -3.50. The van der Waals surface area contributed by atoms with E-state index in [-0.39, 0.29) is 17.4 Å². The van der Waals surface area contributed by atoms with Gasteiger partial charge in [-0.15, -0.1) is 0 Å². The summed E-state index contributed by atoms with van der Waals surface area (Å²) in [6, 6.07) is 18.8. The molecule has 1 N–H and O–H groups in total. The second-order valence-corrected chi connectivity index (χ2v) is 14.1. The number of hydrogen-bond acceptors (Lipinski definition) is 5. The number of benzene rings is 2. The summed E-state index contributed by atoms with van der Waals surface area (Å²) in [5.41, 5.74) is 3.30. The first-order valence-corrected chi connectivity index (χ1v) is 17.0. The molecule has 7 nitrogen and oxygen atoms in total. The third-order valence-electron chi connectivity index (χ3n) is 9.34. The van der Waals surface area contributed by atoms with Crippen molar-refractivity contribution in [3.05, 3.63) is 83.8 Å². The summed E-state index contributed by atoms with van der Waals surface area (Å²) in [5, 5.41) is 0. The number of nitrogens with one attached hydrogen (secondary N) is 1. The van der Waals surface area contributed by atoms with E-state index in [0.717, 1.165) is 69.4 Å². The number of nitrogens with zero attached hydrogens (tertiary/aromatic N) is 2. The second-order valence-electron chi connectivity index (χ2n) is 12.3. The van der Waals surface area contributed by atoms with Crippen molar-refractivity contribution in [1.29, 1.82) is 0 Å². The summed E-state index contributed by atoms with van der Waals surface area (Å²) in [6.07, 6.45) is 11.3. The third kappa shape index (κ3) is 7.52. The van der Waals surface area contributed by atoms with Gasteiger partial charge in [-0.2, -0.15) is 0 Å². The number of sulfonamides is 1. The van der Waals surface area contributed by atoms with Gasteiger partial charge in [-0.3, -0.25) is 4.79 Å². The Morgan fingerprint density at radius 2 is 1.57 bits per heavy atom. The van der Waals surface area contributed by atoms with Gasteiger partial charge in [-0.05, 0) is 101 Å². The number of anilines is 1. The molecule has 226 valence electrons. The lowest BCUT2D eigenvalue weighted by Crippen LogP contribution is -2.48. The fourth-order valence-corrected chi connectivity index (χ4v) is 7.72. The standard InChI is InChI=1S/C34H45N3O4S/c1-27-8-12-29(13-9-27)37(33(38)32-7-6-26-41-32)30-16-23-36(24-17-30)25-21-34(18-4-3-5-19-34)20-22-35-42(39,40)31-14-10-28(2)11-15-31/h6-15,26,30,35H,3-5,16-25H2,1-2H3. The molecular formula is C34H45N3O4S. The maximum atomic E-state index is 13.5. The van der Waals surface area contributed by atoms with Gasteiger partial charge in [-0.1, -0.05) is 54.7 Å². The Kier molecular flexibility index (Phi) is 9.86. The van der Waals surface area contributed by atoms with Crippen LogP contribution in [0.5, 0.6) is 0 Å². The second kappa shape index (κ2) is 13.6. The van der Waals surface area contributed by atoms with Gasteiger partial charge in [0.25, 0.3) is 5.91 Å². The fraction of sp³-hybridized carbons (Fsp3) is 0.500. The molecule has 1 saturated heterocycles. The molecular weight excluding hydrogens is 546 g/mol. The number of hydrogen-bond donors (Lipinski definition) is 1. The van der Waals surface area contributed by atoms with E-state index in [1.54, 1.807) is 30.5 Å². The lowest BCUT2D eigenvalue weighted by Gasteiger charge is -2.42. The number of piperidine rings is 1. The van der Waals surface area contributed by atoms with Crippen molar-refractivity contribution in [3.8, 4) is 0 Å². The minimum absolute atomic E-state index is 0.0865. The molecule has 2 fully saturated rings. The normalized spacial score (nSPS) is 18.1. The highest BCUT2D eigenvalue weighted by Crippen LogP contribution is 2.42. The zero-order valence-electron chi connectivity index (χ0n) is 25.1. The number of amides is 1. The van der Waals surface area contributed by atoms with Crippen molar-refractivity contribution >= 4 is 21.6 Å². The van der Waals surface area contributed by atoms with E-state index in [1.165, 1.54) is 24.8 Å². The van der Waals surface area contributed by atoms with Gasteiger partial charge in [0.2, 0.25) is 10.0 Å². The van der Waals surface area contributed by atoms with E-state index in [4.69, 9.17) is 4.42 Å². The number of rotatable bonds is 11. The maximum absolute atomic E-state index is 13.5. The van der Waals surface area contributed by atoms with Crippen LogP contribution in [0.2, 0.25) is 0 Å². The molecule has 1 saturated carbocycles. The van der Waals surface area contributed by atoms with E-state index in [0.29, 0.717) is 17.2 Å². The van der Waals surface area contributed by atoms with Crippen LogP contribution in [-0.2, 0) is 10.0 Å². The SMILES string of the molecule is Cc1ccc(N(C(=O)c2ccco2)C2CCN(CCC3(CCNS(=O)(=O)c4ccc(C)cc4)CCCCC3)CC2)cc1. The molecule has 0 unspecified atom stereocenters. The number of furan rings is 1. The van der Waals surface area contributed by atoms with Gasteiger partial charge in [0, 0.05) is 31.4 Å². The topological polar surface area (TPSA) is 82.9 Å². The van der Waals surface area contributed by atoms with Gasteiger partial charge in [0.15, 0.2) is 5.76 Å². The smallest absolute Gasteiger partial charge is 0.294 e. The zero-order valence-corrected chi connectivity index (χ0v) is 25.9. The van der Waals surface area contributed by atoms with Crippen molar-refractivity contribution in [3.63, 3.8) is 0 Å². The summed E-state index contributed by atoms with van der Waals surface area (Å²) >= 11 is 0. The van der Waals surface area contributed by atoms with Crippen molar-refractivity contribution in [2.45, 2.75) is 82.6 Å². The predicted octanol–water partition coefficient (Wildman–Crippen LogP) is 6.72. The summed E-state index contributed by atoms with van der Waals surface area (Å²) in [7, 11) is -3.50. The maximum Gasteiger partial charge on any atom is 0.294 e. The Morgan fingerprint density at radius 3 is 2.19 bits per heavy atom. The number of aryl methyl sites for hydroxylation is 2.